The van der Waals surface area contributed by atoms with Gasteiger partial charge >= 0.3 is 0 Å². The summed E-state index contributed by atoms with van der Waals surface area (Å²) >= 11 is 1.98. The first-order chi connectivity index (χ1) is 13.8. The Morgan fingerprint density at radius 3 is 2.46 bits per heavy atom. The van der Waals surface area contributed by atoms with E-state index in [2.05, 4.69) is 53.4 Å². The highest BCUT2D eigenvalue weighted by molar-refractivity contribution is 8.00. The maximum atomic E-state index is 10.5. The first-order valence-electron chi connectivity index (χ1n) is 10.0. The molecule has 4 rings (SSSR count). The second-order valence-electron chi connectivity index (χ2n) is 7.37. The molecule has 0 aromatic heterocycles. The lowest BCUT2D eigenvalue weighted by molar-refractivity contribution is 0.0628. The van der Waals surface area contributed by atoms with E-state index < -0.39 is 6.10 Å². The van der Waals surface area contributed by atoms with E-state index in [4.69, 9.17) is 4.74 Å². The molecule has 146 valence electrons. The molecule has 0 saturated carbocycles. The van der Waals surface area contributed by atoms with Crippen molar-refractivity contribution in [1.29, 1.82) is 0 Å². The highest BCUT2D eigenvalue weighted by atomic mass is 32.2. The van der Waals surface area contributed by atoms with Crippen LogP contribution in [0.15, 0.2) is 77.7 Å². The molecule has 3 aromatic rings. The van der Waals surface area contributed by atoms with Gasteiger partial charge in [-0.25, -0.2) is 0 Å². The molecule has 1 aliphatic rings. The largest absolute Gasteiger partial charge is 0.490 e. The number of β-amino-alcohol motifs (C(OH)–C–C–N with tert-alkyl or cyclic N) is 1. The van der Waals surface area contributed by atoms with E-state index >= 15 is 0 Å². The van der Waals surface area contributed by atoms with E-state index in [9.17, 15) is 5.11 Å². The van der Waals surface area contributed by atoms with Crippen LogP contribution in [0.1, 0.15) is 12.8 Å². The lowest BCUT2D eigenvalue weighted by atomic mass is 10.1. The summed E-state index contributed by atoms with van der Waals surface area (Å²) in [6, 6.07) is 24.9. The molecule has 0 radical (unpaired) electrons. The van der Waals surface area contributed by atoms with Gasteiger partial charge in [0.25, 0.3) is 0 Å². The number of hydrogen-bond donors (Lipinski definition) is 1. The van der Waals surface area contributed by atoms with Crippen LogP contribution in [0.2, 0.25) is 0 Å². The molecule has 28 heavy (non-hydrogen) atoms. The minimum atomic E-state index is -0.475. The summed E-state index contributed by atoms with van der Waals surface area (Å²) < 4.78 is 5.94. The van der Waals surface area contributed by atoms with E-state index in [1.165, 1.54) is 4.90 Å². The summed E-state index contributed by atoms with van der Waals surface area (Å²) in [6.45, 7) is 3.08. The van der Waals surface area contributed by atoms with E-state index in [-0.39, 0.29) is 0 Å². The zero-order valence-electron chi connectivity index (χ0n) is 16.0. The van der Waals surface area contributed by atoms with Crippen LogP contribution in [0.5, 0.6) is 5.75 Å². The number of ether oxygens (including phenoxy) is 1. The first-order valence-corrected chi connectivity index (χ1v) is 10.9. The maximum absolute atomic E-state index is 10.5. The van der Waals surface area contributed by atoms with E-state index in [1.807, 2.05) is 36.0 Å². The molecular formula is C24H27NO2S. The molecule has 3 nitrogen and oxygen atoms in total. The number of rotatable bonds is 7. The van der Waals surface area contributed by atoms with E-state index in [0.717, 1.165) is 42.5 Å². The molecule has 1 fully saturated rings. The lowest BCUT2D eigenvalue weighted by Gasteiger charge is -2.32. The highest BCUT2D eigenvalue weighted by Gasteiger charge is 2.22. The summed E-state index contributed by atoms with van der Waals surface area (Å²) in [6.07, 6.45) is 1.85. The van der Waals surface area contributed by atoms with Gasteiger partial charge in [0.1, 0.15) is 18.5 Å². The Balaban J connectivity index is 1.23. The number of fused-ring (bicyclic) bond motifs is 1. The van der Waals surface area contributed by atoms with Gasteiger partial charge in [-0.1, -0.05) is 54.6 Å². The fraction of sp³-hybridized carbons (Fsp3) is 0.333. The Morgan fingerprint density at radius 2 is 1.64 bits per heavy atom. The smallest absolute Gasteiger partial charge is 0.127 e. The predicted molar refractivity (Wildman–Crippen MR) is 117 cm³/mol. The summed E-state index contributed by atoms with van der Waals surface area (Å²) in [7, 11) is 0. The topological polar surface area (TPSA) is 32.7 Å². The summed E-state index contributed by atoms with van der Waals surface area (Å²) in [5.74, 6) is 0.843. The average molecular weight is 394 g/mol. The Morgan fingerprint density at radius 1 is 0.929 bits per heavy atom. The molecule has 0 bridgehead atoms. The second-order valence-corrected chi connectivity index (χ2v) is 8.75. The van der Waals surface area contributed by atoms with Gasteiger partial charge in [0.2, 0.25) is 0 Å². The van der Waals surface area contributed by atoms with Crippen LogP contribution in [0.4, 0.5) is 0 Å². The second kappa shape index (κ2) is 9.46. The molecule has 0 spiro atoms. The number of hydrogen-bond acceptors (Lipinski definition) is 4. The van der Waals surface area contributed by atoms with Crippen molar-refractivity contribution in [2.24, 2.45) is 0 Å². The van der Waals surface area contributed by atoms with Crippen molar-refractivity contribution in [1.82, 2.24) is 4.90 Å². The normalized spacial score (nSPS) is 16.9. The van der Waals surface area contributed by atoms with Crippen molar-refractivity contribution in [3.8, 4) is 5.75 Å². The van der Waals surface area contributed by atoms with Crippen molar-refractivity contribution < 1.29 is 9.84 Å². The highest BCUT2D eigenvalue weighted by Crippen LogP contribution is 2.30. The fourth-order valence-corrected chi connectivity index (χ4v) is 4.91. The number of aliphatic hydroxyl groups is 1. The Labute approximate surface area is 171 Å². The quantitative estimate of drug-likeness (QED) is 0.623. The van der Waals surface area contributed by atoms with Crippen molar-refractivity contribution in [3.63, 3.8) is 0 Å². The van der Waals surface area contributed by atoms with Gasteiger partial charge in [0.15, 0.2) is 0 Å². The SMILES string of the molecule is OC(COc1cccc2ccccc12)CN1CCC(Sc2ccccc2)CC1. The van der Waals surface area contributed by atoms with Gasteiger partial charge in [-0.2, -0.15) is 0 Å². The molecule has 1 aliphatic heterocycles. The van der Waals surface area contributed by atoms with Gasteiger partial charge in [-0.3, -0.25) is 0 Å². The number of aliphatic hydroxyl groups excluding tert-OH is 1. The third-order valence-electron chi connectivity index (χ3n) is 5.23. The molecule has 1 N–H and O–H groups in total. The molecule has 1 unspecified atom stereocenters. The van der Waals surface area contributed by atoms with Crippen LogP contribution in [0, 0.1) is 0 Å². The number of likely N-dealkylation sites (tertiary alicyclic amines) is 1. The maximum Gasteiger partial charge on any atom is 0.127 e. The monoisotopic (exact) mass is 393 g/mol. The predicted octanol–water partition coefficient (Wildman–Crippen LogP) is 4.84. The third-order valence-corrected chi connectivity index (χ3v) is 6.58. The molecule has 3 aromatic carbocycles. The Hall–Kier alpha value is -2.01. The summed E-state index contributed by atoms with van der Waals surface area (Å²) in [4.78, 5) is 3.71. The average Bonchev–Trinajstić information content (AvgIpc) is 2.74. The fourth-order valence-electron chi connectivity index (χ4n) is 3.76. The minimum absolute atomic E-state index is 0.326. The molecule has 1 heterocycles. The first kappa shape index (κ1) is 19.3. The standard InChI is InChI=1S/C24H27NO2S/c26-20(18-27-24-12-6-8-19-7-4-5-11-23(19)24)17-25-15-13-22(14-16-25)28-21-9-2-1-3-10-21/h1-12,20,22,26H,13-18H2. The Bertz CT molecular complexity index is 873. The van der Waals surface area contributed by atoms with Crippen LogP contribution < -0.4 is 4.74 Å². The lowest BCUT2D eigenvalue weighted by Crippen LogP contribution is -2.41. The molecule has 1 saturated heterocycles. The van der Waals surface area contributed by atoms with Crippen molar-refractivity contribution in [2.45, 2.75) is 29.1 Å². The van der Waals surface area contributed by atoms with Crippen molar-refractivity contribution in [2.75, 3.05) is 26.2 Å². The summed E-state index contributed by atoms with van der Waals surface area (Å²) in [5, 5.41) is 13.4. The molecule has 0 aliphatic carbocycles. The van der Waals surface area contributed by atoms with E-state index in [1.54, 1.807) is 0 Å². The molecule has 1 atom stereocenters. The zero-order chi connectivity index (χ0) is 19.2. The van der Waals surface area contributed by atoms with Crippen LogP contribution in [-0.4, -0.2) is 47.6 Å². The zero-order valence-corrected chi connectivity index (χ0v) is 16.9. The van der Waals surface area contributed by atoms with E-state index in [0.29, 0.717) is 18.4 Å². The van der Waals surface area contributed by atoms with Crippen LogP contribution in [0.25, 0.3) is 10.8 Å². The Kier molecular flexibility index (Phi) is 6.53. The number of benzene rings is 3. The number of thioether (sulfide) groups is 1. The molecule has 4 heteroatoms. The van der Waals surface area contributed by atoms with Gasteiger partial charge in [-0.05, 0) is 49.5 Å². The van der Waals surface area contributed by atoms with Gasteiger partial charge in [0, 0.05) is 22.1 Å². The van der Waals surface area contributed by atoms with Crippen molar-refractivity contribution in [3.05, 3.63) is 72.8 Å². The van der Waals surface area contributed by atoms with Crippen LogP contribution >= 0.6 is 11.8 Å². The van der Waals surface area contributed by atoms with Gasteiger partial charge in [-0.15, -0.1) is 11.8 Å². The minimum Gasteiger partial charge on any atom is -0.490 e. The molecular weight excluding hydrogens is 366 g/mol. The number of piperidine rings is 1. The van der Waals surface area contributed by atoms with Crippen molar-refractivity contribution >= 4 is 22.5 Å². The number of nitrogens with zero attached hydrogens (tertiary/aromatic N) is 1. The summed E-state index contributed by atoms with van der Waals surface area (Å²) in [5.41, 5.74) is 0. The van der Waals surface area contributed by atoms with Gasteiger partial charge < -0.3 is 14.7 Å². The third kappa shape index (κ3) is 5.07. The van der Waals surface area contributed by atoms with Gasteiger partial charge in [0.05, 0.1) is 0 Å². The van der Waals surface area contributed by atoms with Crippen LogP contribution in [0.3, 0.4) is 0 Å². The van der Waals surface area contributed by atoms with Crippen LogP contribution in [-0.2, 0) is 0 Å². The molecule has 0 amide bonds.